The standard InChI is InChI=1S/C20H23N3O3/c1-13(24)19(17-12-21-9-10-22-17)25-15-7-8-18-16(11-15)23-20(26-18)14-5-3-2-4-6-14/h2-8,11,13,17,19,21-22,24H,9-10,12H2,1H3/t13-,17?,19?/m1/s1. The first-order chi connectivity index (χ1) is 12.7. The summed E-state index contributed by atoms with van der Waals surface area (Å²) in [5.74, 6) is 1.26. The summed E-state index contributed by atoms with van der Waals surface area (Å²) in [6.45, 7) is 4.30. The molecule has 1 aliphatic heterocycles. The van der Waals surface area contributed by atoms with Crippen LogP contribution in [0.15, 0.2) is 52.9 Å². The first-order valence-corrected chi connectivity index (χ1v) is 8.95. The first-order valence-electron chi connectivity index (χ1n) is 8.95. The molecule has 1 fully saturated rings. The summed E-state index contributed by atoms with van der Waals surface area (Å²) >= 11 is 0. The molecule has 1 aliphatic rings. The second-order valence-corrected chi connectivity index (χ2v) is 6.60. The number of nitrogens with one attached hydrogen (secondary N) is 2. The van der Waals surface area contributed by atoms with E-state index in [1.54, 1.807) is 6.92 Å². The molecule has 3 N–H and O–H groups in total. The Bertz CT molecular complexity index is 857. The molecule has 6 nitrogen and oxygen atoms in total. The van der Waals surface area contributed by atoms with Gasteiger partial charge in [-0.2, -0.15) is 0 Å². The zero-order valence-electron chi connectivity index (χ0n) is 14.7. The molecule has 1 aromatic heterocycles. The van der Waals surface area contributed by atoms with Gasteiger partial charge in [0.25, 0.3) is 0 Å². The molecule has 26 heavy (non-hydrogen) atoms. The predicted molar refractivity (Wildman–Crippen MR) is 100 cm³/mol. The lowest BCUT2D eigenvalue weighted by atomic mass is 10.0. The second kappa shape index (κ2) is 7.45. The van der Waals surface area contributed by atoms with Crippen LogP contribution in [0.1, 0.15) is 6.92 Å². The molecule has 0 aliphatic carbocycles. The molecule has 0 spiro atoms. The van der Waals surface area contributed by atoms with Crippen molar-refractivity contribution in [3.63, 3.8) is 0 Å². The molecule has 0 radical (unpaired) electrons. The zero-order valence-corrected chi connectivity index (χ0v) is 14.7. The molecule has 0 bridgehead atoms. The lowest BCUT2D eigenvalue weighted by molar-refractivity contribution is 0.0209. The van der Waals surface area contributed by atoms with Gasteiger partial charge in [0.1, 0.15) is 17.4 Å². The van der Waals surface area contributed by atoms with Gasteiger partial charge in [-0.25, -0.2) is 4.98 Å². The van der Waals surface area contributed by atoms with E-state index in [0.29, 0.717) is 17.2 Å². The average Bonchev–Trinajstić information content (AvgIpc) is 3.10. The van der Waals surface area contributed by atoms with E-state index in [2.05, 4.69) is 15.6 Å². The number of aliphatic hydroxyl groups is 1. The van der Waals surface area contributed by atoms with Gasteiger partial charge >= 0.3 is 0 Å². The number of hydrogen-bond donors (Lipinski definition) is 3. The van der Waals surface area contributed by atoms with Crippen LogP contribution in [0.3, 0.4) is 0 Å². The Balaban J connectivity index is 1.58. The van der Waals surface area contributed by atoms with Crippen molar-refractivity contribution in [2.75, 3.05) is 19.6 Å². The number of ether oxygens (including phenoxy) is 1. The van der Waals surface area contributed by atoms with E-state index in [1.807, 2.05) is 48.5 Å². The number of benzene rings is 2. The van der Waals surface area contributed by atoms with E-state index in [1.165, 1.54) is 0 Å². The van der Waals surface area contributed by atoms with Crippen LogP contribution in [0.5, 0.6) is 5.75 Å². The van der Waals surface area contributed by atoms with Gasteiger partial charge in [-0.1, -0.05) is 18.2 Å². The number of aromatic nitrogens is 1. The Kier molecular flexibility index (Phi) is 4.88. The molecule has 4 rings (SSSR count). The van der Waals surface area contributed by atoms with E-state index < -0.39 is 6.10 Å². The van der Waals surface area contributed by atoms with Crippen LogP contribution in [-0.4, -0.2) is 48.0 Å². The average molecular weight is 353 g/mol. The maximum atomic E-state index is 10.2. The number of fused-ring (bicyclic) bond motifs is 1. The summed E-state index contributed by atoms with van der Waals surface area (Å²) in [5, 5.41) is 16.9. The summed E-state index contributed by atoms with van der Waals surface area (Å²) in [4.78, 5) is 4.57. The molecular formula is C20H23N3O3. The summed E-state index contributed by atoms with van der Waals surface area (Å²) in [6.07, 6.45) is -0.943. The maximum Gasteiger partial charge on any atom is 0.227 e. The molecule has 2 unspecified atom stereocenters. The highest BCUT2D eigenvalue weighted by Crippen LogP contribution is 2.27. The Morgan fingerprint density at radius 1 is 1.19 bits per heavy atom. The van der Waals surface area contributed by atoms with Crippen LogP contribution in [0.2, 0.25) is 0 Å². The second-order valence-electron chi connectivity index (χ2n) is 6.60. The maximum absolute atomic E-state index is 10.2. The SMILES string of the molecule is C[C@@H](O)C(Oc1ccc2oc(-c3ccccc3)nc2c1)C1CNCCN1. The van der Waals surface area contributed by atoms with Crippen LogP contribution in [-0.2, 0) is 0 Å². The smallest absolute Gasteiger partial charge is 0.227 e. The molecule has 1 saturated heterocycles. The number of hydrogen-bond acceptors (Lipinski definition) is 6. The molecule has 0 amide bonds. The molecule has 2 aromatic carbocycles. The van der Waals surface area contributed by atoms with Crippen molar-refractivity contribution < 1.29 is 14.3 Å². The van der Waals surface area contributed by atoms with Crippen molar-refractivity contribution in [2.24, 2.45) is 0 Å². The topological polar surface area (TPSA) is 79.5 Å². The Morgan fingerprint density at radius 2 is 2.04 bits per heavy atom. The minimum absolute atomic E-state index is 0.0524. The summed E-state index contributed by atoms with van der Waals surface area (Å²) in [7, 11) is 0. The van der Waals surface area contributed by atoms with Crippen LogP contribution < -0.4 is 15.4 Å². The third kappa shape index (κ3) is 3.58. The van der Waals surface area contributed by atoms with Crippen LogP contribution in [0.4, 0.5) is 0 Å². The highest BCUT2D eigenvalue weighted by molar-refractivity contribution is 5.77. The van der Waals surface area contributed by atoms with Gasteiger partial charge in [0.2, 0.25) is 5.89 Å². The van der Waals surface area contributed by atoms with E-state index >= 15 is 0 Å². The Hall–Kier alpha value is -2.41. The third-order valence-corrected chi connectivity index (χ3v) is 4.60. The van der Waals surface area contributed by atoms with Gasteiger partial charge in [0.05, 0.1) is 12.1 Å². The number of oxazole rings is 1. The van der Waals surface area contributed by atoms with E-state index in [-0.39, 0.29) is 12.1 Å². The van der Waals surface area contributed by atoms with Gasteiger partial charge in [-0.05, 0) is 31.2 Å². The summed E-state index contributed by atoms with van der Waals surface area (Å²) in [5.41, 5.74) is 2.38. The number of rotatable bonds is 5. The van der Waals surface area contributed by atoms with Crippen molar-refractivity contribution in [3.8, 4) is 17.2 Å². The van der Waals surface area contributed by atoms with Crippen LogP contribution in [0.25, 0.3) is 22.6 Å². The fourth-order valence-electron chi connectivity index (χ4n) is 3.27. The molecule has 0 saturated carbocycles. The Labute approximate surface area is 152 Å². The first kappa shape index (κ1) is 17.0. The normalized spacial score (nSPS) is 20.0. The fraction of sp³-hybridized carbons (Fsp3) is 0.350. The molecule has 6 heteroatoms. The van der Waals surface area contributed by atoms with Gasteiger partial charge in [-0.15, -0.1) is 0 Å². The van der Waals surface area contributed by atoms with Crippen molar-refractivity contribution in [1.82, 2.24) is 15.6 Å². The summed E-state index contributed by atoms with van der Waals surface area (Å²) in [6, 6.07) is 15.4. The number of piperazine rings is 1. The highest BCUT2D eigenvalue weighted by atomic mass is 16.5. The van der Waals surface area contributed by atoms with E-state index in [9.17, 15) is 5.11 Å². The van der Waals surface area contributed by atoms with Crippen molar-refractivity contribution in [3.05, 3.63) is 48.5 Å². The predicted octanol–water partition coefficient (Wildman–Crippen LogP) is 2.18. The highest BCUT2D eigenvalue weighted by Gasteiger charge is 2.29. The minimum atomic E-state index is -0.597. The van der Waals surface area contributed by atoms with E-state index in [4.69, 9.17) is 9.15 Å². The lowest BCUT2D eigenvalue weighted by Crippen LogP contribution is -2.58. The van der Waals surface area contributed by atoms with E-state index in [0.717, 1.165) is 30.7 Å². The fourth-order valence-corrected chi connectivity index (χ4v) is 3.27. The van der Waals surface area contributed by atoms with Gasteiger partial charge < -0.3 is 24.9 Å². The zero-order chi connectivity index (χ0) is 17.9. The van der Waals surface area contributed by atoms with Crippen molar-refractivity contribution >= 4 is 11.1 Å². The third-order valence-electron chi connectivity index (χ3n) is 4.60. The van der Waals surface area contributed by atoms with Crippen LogP contribution >= 0.6 is 0 Å². The molecule has 2 heterocycles. The van der Waals surface area contributed by atoms with Crippen molar-refractivity contribution in [2.45, 2.75) is 25.2 Å². The van der Waals surface area contributed by atoms with Crippen LogP contribution in [0, 0.1) is 0 Å². The van der Waals surface area contributed by atoms with Gasteiger partial charge in [-0.3, -0.25) is 0 Å². The number of aliphatic hydroxyl groups excluding tert-OH is 1. The lowest BCUT2D eigenvalue weighted by Gasteiger charge is -2.33. The molecule has 3 atom stereocenters. The summed E-state index contributed by atoms with van der Waals surface area (Å²) < 4.78 is 11.9. The largest absolute Gasteiger partial charge is 0.486 e. The number of nitrogens with zero attached hydrogens (tertiary/aromatic N) is 1. The Morgan fingerprint density at radius 3 is 2.77 bits per heavy atom. The molecular weight excluding hydrogens is 330 g/mol. The molecule has 136 valence electrons. The van der Waals surface area contributed by atoms with Gasteiger partial charge in [0, 0.05) is 31.3 Å². The molecule has 3 aromatic rings. The van der Waals surface area contributed by atoms with Gasteiger partial charge in [0.15, 0.2) is 5.58 Å². The van der Waals surface area contributed by atoms with Crippen molar-refractivity contribution in [1.29, 1.82) is 0 Å². The quantitative estimate of drug-likeness (QED) is 0.652. The minimum Gasteiger partial charge on any atom is -0.486 e. The monoisotopic (exact) mass is 353 g/mol.